The van der Waals surface area contributed by atoms with E-state index in [1.807, 2.05) is 0 Å². The van der Waals surface area contributed by atoms with E-state index in [0.717, 1.165) is 50.2 Å². The highest BCUT2D eigenvalue weighted by atomic mass is 19.2. The van der Waals surface area contributed by atoms with Gasteiger partial charge >= 0.3 is 0 Å². The number of rotatable bonds is 5. The van der Waals surface area contributed by atoms with Crippen molar-refractivity contribution < 1.29 is 22.7 Å². The number of benzene rings is 3. The first kappa shape index (κ1) is 22.6. The van der Waals surface area contributed by atoms with E-state index in [0.29, 0.717) is 11.0 Å². The van der Waals surface area contributed by atoms with Crippen molar-refractivity contribution in [3.8, 4) is 11.5 Å². The molecule has 7 nitrogen and oxygen atoms in total. The van der Waals surface area contributed by atoms with E-state index in [1.165, 1.54) is 18.2 Å². The van der Waals surface area contributed by atoms with Crippen LogP contribution in [-0.2, 0) is 0 Å². The first-order valence-corrected chi connectivity index (χ1v) is 10.9. The Morgan fingerprint density at radius 1 is 1.00 bits per heavy atom. The van der Waals surface area contributed by atoms with Crippen molar-refractivity contribution in [1.29, 1.82) is 0 Å². The van der Waals surface area contributed by atoms with Crippen LogP contribution in [0.5, 0.6) is 11.5 Å². The van der Waals surface area contributed by atoms with Crippen molar-refractivity contribution in [3.63, 3.8) is 0 Å². The highest BCUT2D eigenvalue weighted by Gasteiger charge is 2.17. The number of amides is 1. The third kappa shape index (κ3) is 5.02. The molecule has 1 aliphatic heterocycles. The Labute approximate surface area is 198 Å². The number of fused-ring (bicyclic) bond motifs is 1. The lowest BCUT2D eigenvalue weighted by molar-refractivity contribution is 0.102. The molecular weight excluding hydrogens is 459 g/mol. The van der Waals surface area contributed by atoms with E-state index < -0.39 is 29.1 Å². The summed E-state index contributed by atoms with van der Waals surface area (Å²) < 4.78 is 47.8. The van der Waals surface area contributed by atoms with Crippen molar-refractivity contribution in [2.75, 3.05) is 36.4 Å². The summed E-state index contributed by atoms with van der Waals surface area (Å²) in [4.78, 5) is 23.6. The largest absolute Gasteiger partial charge is 0.454 e. The summed E-state index contributed by atoms with van der Waals surface area (Å²) in [6, 6.07) is 11.8. The van der Waals surface area contributed by atoms with Crippen LogP contribution >= 0.6 is 0 Å². The molecule has 10 heteroatoms. The maximum absolute atomic E-state index is 14.5. The highest BCUT2D eigenvalue weighted by Crippen LogP contribution is 2.31. The van der Waals surface area contributed by atoms with Crippen LogP contribution in [0.2, 0.25) is 0 Å². The zero-order valence-electron chi connectivity index (χ0n) is 18.4. The smallest absolute Gasteiger partial charge is 0.255 e. The summed E-state index contributed by atoms with van der Waals surface area (Å²) in [7, 11) is 0. The van der Waals surface area contributed by atoms with Gasteiger partial charge in [0.25, 0.3) is 5.91 Å². The molecule has 0 unspecified atom stereocenters. The van der Waals surface area contributed by atoms with Crippen LogP contribution in [0.1, 0.15) is 10.4 Å². The fourth-order valence-electron chi connectivity index (χ4n) is 3.76. The number of hydrogen-bond acceptors (Lipinski definition) is 6. The van der Waals surface area contributed by atoms with E-state index in [-0.39, 0.29) is 17.0 Å². The molecule has 5 rings (SSSR count). The Hall–Kier alpha value is -4.18. The highest BCUT2D eigenvalue weighted by molar-refractivity contribution is 6.04. The topological polar surface area (TPSA) is 79.4 Å². The number of aromatic nitrogens is 2. The van der Waals surface area contributed by atoms with E-state index >= 15 is 0 Å². The molecule has 0 aliphatic carbocycles. The standard InChI is InChI=1S/C25H20F3N5O2/c26-16-3-1-2-15(10-16)25(34)31-17-11-19(27)24(28)22(12-17)35-18-4-5-20-21(13-18)32-23(14-30-20)33-8-6-29-7-9-33/h1-5,10-14,29H,6-9H2,(H,31,34). The number of halogens is 3. The predicted octanol–water partition coefficient (Wildman–Crippen LogP) is 4.50. The first-order valence-electron chi connectivity index (χ1n) is 10.9. The van der Waals surface area contributed by atoms with Crippen molar-refractivity contribution in [2.45, 2.75) is 0 Å². The molecule has 0 saturated carbocycles. The van der Waals surface area contributed by atoms with E-state index in [1.54, 1.807) is 24.4 Å². The fraction of sp³-hybridized carbons (Fsp3) is 0.160. The third-order valence-electron chi connectivity index (χ3n) is 5.51. The Morgan fingerprint density at radius 3 is 2.63 bits per heavy atom. The van der Waals surface area contributed by atoms with Crippen molar-refractivity contribution in [1.82, 2.24) is 15.3 Å². The molecular formula is C25H20F3N5O2. The minimum atomic E-state index is -1.21. The van der Waals surface area contributed by atoms with Gasteiger partial charge in [-0.1, -0.05) is 6.07 Å². The van der Waals surface area contributed by atoms with Gasteiger partial charge in [-0.25, -0.2) is 13.8 Å². The summed E-state index contributed by atoms with van der Waals surface area (Å²) in [5, 5.41) is 5.70. The van der Waals surface area contributed by atoms with Gasteiger partial charge in [-0.3, -0.25) is 9.78 Å². The van der Waals surface area contributed by atoms with Gasteiger partial charge < -0.3 is 20.3 Å². The number of nitrogens with one attached hydrogen (secondary N) is 2. The van der Waals surface area contributed by atoms with Crippen LogP contribution in [0.3, 0.4) is 0 Å². The summed E-state index contributed by atoms with van der Waals surface area (Å²) in [5.41, 5.74) is 1.15. The second-order valence-electron chi connectivity index (χ2n) is 7.95. The van der Waals surface area contributed by atoms with Crippen molar-refractivity contribution >= 4 is 28.4 Å². The van der Waals surface area contributed by atoms with Crippen LogP contribution in [0, 0.1) is 17.5 Å². The molecule has 1 aromatic heterocycles. The van der Waals surface area contributed by atoms with Gasteiger partial charge in [0, 0.05) is 55.6 Å². The van der Waals surface area contributed by atoms with Crippen molar-refractivity contribution in [2.24, 2.45) is 0 Å². The Bertz CT molecular complexity index is 1410. The van der Waals surface area contributed by atoms with Gasteiger partial charge in [0.15, 0.2) is 11.6 Å². The number of hydrogen-bond donors (Lipinski definition) is 2. The number of carbonyl (C=O) groups excluding carboxylic acids is 1. The number of nitrogens with zero attached hydrogens (tertiary/aromatic N) is 3. The quantitative estimate of drug-likeness (QED) is 0.439. The first-order chi connectivity index (χ1) is 17.0. The fourth-order valence-corrected chi connectivity index (χ4v) is 3.76. The number of ether oxygens (including phenoxy) is 1. The molecule has 0 bridgehead atoms. The molecule has 3 aromatic carbocycles. The molecule has 0 radical (unpaired) electrons. The lowest BCUT2D eigenvalue weighted by atomic mass is 10.2. The van der Waals surface area contributed by atoms with Crippen LogP contribution in [-0.4, -0.2) is 42.1 Å². The summed E-state index contributed by atoms with van der Waals surface area (Å²) >= 11 is 0. The molecule has 2 N–H and O–H groups in total. The summed E-state index contributed by atoms with van der Waals surface area (Å²) in [5.74, 6) is -3.18. The van der Waals surface area contributed by atoms with Gasteiger partial charge in [0.2, 0.25) is 5.82 Å². The minimum absolute atomic E-state index is 0.0330. The zero-order chi connectivity index (χ0) is 24.4. The second-order valence-corrected chi connectivity index (χ2v) is 7.95. The SMILES string of the molecule is O=C(Nc1cc(F)c(F)c(Oc2ccc3ncc(N4CCNCC4)nc3c2)c1)c1cccc(F)c1. The molecule has 1 fully saturated rings. The van der Waals surface area contributed by atoms with Crippen LogP contribution in [0.25, 0.3) is 11.0 Å². The summed E-state index contributed by atoms with van der Waals surface area (Å²) in [6.07, 6.45) is 1.70. The van der Waals surface area contributed by atoms with Gasteiger partial charge in [-0.15, -0.1) is 0 Å². The molecule has 1 amide bonds. The Morgan fingerprint density at radius 2 is 1.83 bits per heavy atom. The van der Waals surface area contributed by atoms with Gasteiger partial charge in [-0.2, -0.15) is 4.39 Å². The molecule has 4 aromatic rings. The lowest BCUT2D eigenvalue weighted by Crippen LogP contribution is -2.43. The molecule has 0 atom stereocenters. The number of anilines is 2. The maximum atomic E-state index is 14.5. The van der Waals surface area contributed by atoms with Crippen molar-refractivity contribution in [3.05, 3.63) is 83.8 Å². The maximum Gasteiger partial charge on any atom is 0.255 e. The predicted molar refractivity (Wildman–Crippen MR) is 125 cm³/mol. The molecule has 178 valence electrons. The molecule has 2 heterocycles. The van der Waals surface area contributed by atoms with E-state index in [4.69, 9.17) is 4.74 Å². The van der Waals surface area contributed by atoms with Crippen LogP contribution in [0.4, 0.5) is 24.7 Å². The minimum Gasteiger partial charge on any atom is -0.454 e. The lowest BCUT2D eigenvalue weighted by Gasteiger charge is -2.28. The van der Waals surface area contributed by atoms with Gasteiger partial charge in [0.1, 0.15) is 17.4 Å². The normalized spacial score (nSPS) is 13.6. The third-order valence-corrected chi connectivity index (χ3v) is 5.51. The average Bonchev–Trinajstić information content (AvgIpc) is 2.87. The molecule has 0 spiro atoms. The number of carbonyl (C=O) groups is 1. The summed E-state index contributed by atoms with van der Waals surface area (Å²) in [6.45, 7) is 3.30. The van der Waals surface area contributed by atoms with Crippen LogP contribution < -0.4 is 20.3 Å². The average molecular weight is 479 g/mol. The van der Waals surface area contributed by atoms with E-state index in [2.05, 4.69) is 25.5 Å². The Balaban J connectivity index is 1.40. The second kappa shape index (κ2) is 9.59. The molecule has 1 aliphatic rings. The molecule has 1 saturated heterocycles. The van der Waals surface area contributed by atoms with Gasteiger partial charge in [-0.05, 0) is 30.3 Å². The zero-order valence-corrected chi connectivity index (χ0v) is 18.4. The van der Waals surface area contributed by atoms with Gasteiger partial charge in [0.05, 0.1) is 17.2 Å². The Kier molecular flexibility index (Phi) is 6.19. The van der Waals surface area contributed by atoms with E-state index in [9.17, 15) is 18.0 Å². The van der Waals surface area contributed by atoms with Crippen LogP contribution in [0.15, 0.2) is 60.8 Å². The monoisotopic (exact) mass is 479 g/mol. The molecule has 35 heavy (non-hydrogen) atoms. The number of piperazine rings is 1.